The molecule has 7 nitrogen and oxygen atoms in total. The van der Waals surface area contributed by atoms with Crippen LogP contribution in [0.3, 0.4) is 0 Å². The molecule has 0 aromatic rings. The van der Waals surface area contributed by atoms with E-state index in [9.17, 15) is 14.4 Å². The molecule has 0 spiro atoms. The van der Waals surface area contributed by atoms with Gasteiger partial charge < -0.3 is 21.3 Å². The van der Waals surface area contributed by atoms with Gasteiger partial charge >= 0.3 is 6.03 Å². The van der Waals surface area contributed by atoms with Crippen LogP contribution in [-0.4, -0.2) is 58.4 Å². The second-order valence-corrected chi connectivity index (χ2v) is 7.74. The number of fused-ring (bicyclic) bond motifs is 1. The molecule has 0 unspecified atom stereocenters. The van der Waals surface area contributed by atoms with Crippen LogP contribution in [0, 0.1) is 0 Å². The second kappa shape index (κ2) is 9.55. The molecule has 4 amide bonds. The lowest BCUT2D eigenvalue weighted by atomic mass is 10.0. The van der Waals surface area contributed by atoms with Crippen LogP contribution in [0.15, 0.2) is 0 Å². The molecule has 0 aliphatic carbocycles. The number of hydrogen-bond acceptors (Lipinski definition) is 4. The predicted octanol–water partition coefficient (Wildman–Crippen LogP) is 0.380. The van der Waals surface area contributed by atoms with E-state index in [1.54, 1.807) is 0 Å². The van der Waals surface area contributed by atoms with E-state index in [1.807, 2.05) is 34.4 Å². The summed E-state index contributed by atoms with van der Waals surface area (Å²) in [7, 11) is 0. The minimum Gasteiger partial charge on any atom is -0.354 e. The lowest BCUT2D eigenvalue weighted by molar-refractivity contribution is -0.122. The van der Waals surface area contributed by atoms with Crippen LogP contribution in [-0.2, 0) is 9.59 Å². The van der Waals surface area contributed by atoms with Gasteiger partial charge in [0.25, 0.3) is 0 Å². The zero-order chi connectivity index (χ0) is 16.7. The number of urea groups is 1. The Labute approximate surface area is 154 Å². The number of thioether (sulfide) groups is 1. The first-order chi connectivity index (χ1) is 11.1. The fourth-order valence-electron chi connectivity index (χ4n) is 2.81. The average Bonchev–Trinajstić information content (AvgIpc) is 3.07. The number of amides is 4. The van der Waals surface area contributed by atoms with E-state index in [1.165, 1.54) is 0 Å². The summed E-state index contributed by atoms with van der Waals surface area (Å²) < 4.78 is 0.433. The normalized spacial score (nSPS) is 25.4. The van der Waals surface area contributed by atoms with Gasteiger partial charge in [0, 0.05) is 30.5 Å². The number of carbonyl (C=O) groups is 3. The number of hydrogen-bond donors (Lipinski definition) is 4. The van der Waals surface area contributed by atoms with E-state index in [-0.39, 0.29) is 29.9 Å². The topological polar surface area (TPSA) is 99.3 Å². The second-order valence-electron chi connectivity index (χ2n) is 5.70. The Bertz CT molecular complexity index is 452. The van der Waals surface area contributed by atoms with Crippen molar-refractivity contribution in [2.24, 2.45) is 0 Å². The highest BCUT2D eigenvalue weighted by molar-refractivity contribution is 14.1. The van der Waals surface area contributed by atoms with Crippen LogP contribution in [0.1, 0.15) is 25.7 Å². The van der Waals surface area contributed by atoms with Crippen molar-refractivity contribution >= 4 is 52.2 Å². The van der Waals surface area contributed by atoms with Gasteiger partial charge in [0.1, 0.15) is 0 Å². The van der Waals surface area contributed by atoms with Gasteiger partial charge in [0.05, 0.1) is 16.5 Å². The molecule has 2 fully saturated rings. The Morgan fingerprint density at radius 1 is 1.17 bits per heavy atom. The van der Waals surface area contributed by atoms with E-state index < -0.39 is 0 Å². The maximum Gasteiger partial charge on any atom is 0.315 e. The molecule has 0 bridgehead atoms. The molecular weight excluding hydrogens is 431 g/mol. The Balaban J connectivity index is 1.49. The quantitative estimate of drug-likeness (QED) is 0.175. The molecule has 3 atom stereocenters. The highest BCUT2D eigenvalue weighted by atomic mass is 127. The largest absolute Gasteiger partial charge is 0.354 e. The van der Waals surface area contributed by atoms with E-state index in [2.05, 4.69) is 21.3 Å². The van der Waals surface area contributed by atoms with Crippen molar-refractivity contribution < 1.29 is 14.4 Å². The molecule has 2 rings (SSSR count). The summed E-state index contributed by atoms with van der Waals surface area (Å²) in [6.45, 7) is 0.948. The molecule has 4 N–H and O–H groups in total. The van der Waals surface area contributed by atoms with Crippen molar-refractivity contribution in [2.75, 3.05) is 23.3 Å². The standard InChI is InChI=1S/C14H23IN4O3S/c15-7-12(21)17-6-5-16-11(20)4-2-1-3-10-13-9(8-23-10)18-14(22)19-13/h9-10,13H,1-8H2,(H,16,20)(H,17,21)(H2,18,19,22)/t9-,10-,13-/m0/s1. The number of halogens is 1. The van der Waals surface area contributed by atoms with Crippen LogP contribution < -0.4 is 21.3 Å². The molecule has 0 aromatic heterocycles. The SMILES string of the molecule is O=C(CI)NCCNC(=O)CCCC[C@@H]1SC[C@@H]2NC(=O)N[C@@H]21. The van der Waals surface area contributed by atoms with Gasteiger partial charge in [-0.3, -0.25) is 9.59 Å². The molecule has 9 heteroatoms. The summed E-state index contributed by atoms with van der Waals surface area (Å²) in [4.78, 5) is 34.0. The summed E-state index contributed by atoms with van der Waals surface area (Å²) in [5, 5.41) is 11.9. The van der Waals surface area contributed by atoms with Crippen molar-refractivity contribution in [3.63, 3.8) is 0 Å². The summed E-state index contributed by atoms with van der Waals surface area (Å²) in [6.07, 6.45) is 3.36. The molecule has 2 aliphatic rings. The highest BCUT2D eigenvalue weighted by Crippen LogP contribution is 2.33. The van der Waals surface area contributed by atoms with Gasteiger partial charge in [0.2, 0.25) is 11.8 Å². The molecule has 0 radical (unpaired) electrons. The van der Waals surface area contributed by atoms with Crippen LogP contribution >= 0.6 is 34.4 Å². The molecule has 0 aromatic carbocycles. The highest BCUT2D eigenvalue weighted by Gasteiger charge is 2.42. The van der Waals surface area contributed by atoms with Crippen LogP contribution in [0.4, 0.5) is 4.79 Å². The summed E-state index contributed by atoms with van der Waals surface area (Å²) >= 11 is 3.90. The summed E-state index contributed by atoms with van der Waals surface area (Å²) in [6, 6.07) is 0.445. The Hall–Kier alpha value is -0.710. The van der Waals surface area contributed by atoms with Crippen molar-refractivity contribution in [1.29, 1.82) is 0 Å². The number of unbranched alkanes of at least 4 members (excludes halogenated alkanes) is 1. The van der Waals surface area contributed by atoms with Crippen LogP contribution in [0.2, 0.25) is 0 Å². The third-order valence-corrected chi connectivity index (χ3v) is 6.17. The third kappa shape index (κ3) is 6.02. The van der Waals surface area contributed by atoms with Crippen molar-refractivity contribution in [3.05, 3.63) is 0 Å². The Kier molecular flexibility index (Phi) is 7.74. The minimum atomic E-state index is -0.0562. The molecule has 2 heterocycles. The fraction of sp³-hybridized carbons (Fsp3) is 0.786. The van der Waals surface area contributed by atoms with Crippen molar-refractivity contribution in [2.45, 2.75) is 43.0 Å². The van der Waals surface area contributed by atoms with Gasteiger partial charge in [-0.15, -0.1) is 0 Å². The van der Waals surface area contributed by atoms with Gasteiger partial charge in [-0.05, 0) is 12.8 Å². The molecule has 0 saturated carbocycles. The Morgan fingerprint density at radius 2 is 1.91 bits per heavy atom. The number of alkyl halides is 1. The van der Waals surface area contributed by atoms with Gasteiger partial charge in [0.15, 0.2) is 0 Å². The van der Waals surface area contributed by atoms with Gasteiger partial charge in [-0.25, -0.2) is 4.79 Å². The van der Waals surface area contributed by atoms with E-state index in [0.29, 0.717) is 29.2 Å². The van der Waals surface area contributed by atoms with Crippen molar-refractivity contribution in [3.8, 4) is 0 Å². The third-order valence-electron chi connectivity index (χ3n) is 3.97. The van der Waals surface area contributed by atoms with Gasteiger partial charge in [-0.1, -0.05) is 29.0 Å². The number of nitrogens with one attached hydrogen (secondary N) is 4. The van der Waals surface area contributed by atoms with E-state index >= 15 is 0 Å². The first-order valence-electron chi connectivity index (χ1n) is 7.88. The summed E-state index contributed by atoms with van der Waals surface area (Å²) in [5.74, 6) is 0.986. The molecule has 2 aliphatic heterocycles. The fourth-order valence-corrected chi connectivity index (χ4v) is 4.63. The monoisotopic (exact) mass is 454 g/mol. The molecule has 130 valence electrons. The summed E-state index contributed by atoms with van der Waals surface area (Å²) in [5.41, 5.74) is 0. The lowest BCUT2D eigenvalue weighted by Gasteiger charge is -2.16. The Morgan fingerprint density at radius 3 is 2.65 bits per heavy atom. The molecule has 2 saturated heterocycles. The molecular formula is C14H23IN4O3S. The van der Waals surface area contributed by atoms with E-state index in [0.717, 1.165) is 25.0 Å². The lowest BCUT2D eigenvalue weighted by Crippen LogP contribution is -2.36. The average molecular weight is 454 g/mol. The van der Waals surface area contributed by atoms with Crippen LogP contribution in [0.5, 0.6) is 0 Å². The zero-order valence-electron chi connectivity index (χ0n) is 12.9. The smallest absolute Gasteiger partial charge is 0.315 e. The molecule has 23 heavy (non-hydrogen) atoms. The maximum atomic E-state index is 11.7. The maximum absolute atomic E-state index is 11.7. The predicted molar refractivity (Wildman–Crippen MR) is 98.9 cm³/mol. The van der Waals surface area contributed by atoms with Gasteiger partial charge in [-0.2, -0.15) is 11.8 Å². The van der Waals surface area contributed by atoms with Crippen LogP contribution in [0.25, 0.3) is 0 Å². The number of carbonyl (C=O) groups excluding carboxylic acids is 3. The minimum absolute atomic E-state index is 0.0132. The first kappa shape index (κ1) is 18.6. The zero-order valence-corrected chi connectivity index (χ0v) is 15.9. The first-order valence-corrected chi connectivity index (χ1v) is 10.5. The van der Waals surface area contributed by atoms with E-state index in [4.69, 9.17) is 0 Å². The van der Waals surface area contributed by atoms with Crippen molar-refractivity contribution in [1.82, 2.24) is 21.3 Å². The number of rotatable bonds is 9.